The van der Waals surface area contributed by atoms with Crippen LogP contribution in [0.15, 0.2) is 65.6 Å². The lowest BCUT2D eigenvalue weighted by Crippen LogP contribution is -2.31. The van der Waals surface area contributed by atoms with Gasteiger partial charge in [-0.15, -0.1) is 0 Å². The number of fused-ring (bicyclic) bond motifs is 2. The van der Waals surface area contributed by atoms with Gasteiger partial charge in [-0.3, -0.25) is 9.36 Å². The van der Waals surface area contributed by atoms with Crippen molar-refractivity contribution in [3.05, 3.63) is 76.7 Å². The van der Waals surface area contributed by atoms with E-state index in [0.29, 0.717) is 18.1 Å². The predicted octanol–water partition coefficient (Wildman–Crippen LogP) is 4.14. The minimum Gasteiger partial charge on any atom is -0.396 e. The Balaban J connectivity index is 1.67. The third kappa shape index (κ3) is 4.04. The monoisotopic (exact) mass is 402 g/mol. The number of nitrogens with one attached hydrogen (secondary N) is 1. The molecule has 2 aromatic carbocycles. The fourth-order valence-corrected chi connectivity index (χ4v) is 3.53. The second-order valence-electron chi connectivity index (χ2n) is 8.53. The summed E-state index contributed by atoms with van der Waals surface area (Å²) in [5, 5.41) is 16.2. The van der Waals surface area contributed by atoms with E-state index < -0.39 is 5.41 Å². The van der Waals surface area contributed by atoms with Crippen molar-refractivity contribution < 1.29 is 5.11 Å². The molecule has 6 nitrogen and oxygen atoms in total. The molecule has 4 rings (SSSR count). The average Bonchev–Trinajstić information content (AvgIpc) is 2.75. The highest BCUT2D eigenvalue weighted by atomic mass is 16.3. The van der Waals surface area contributed by atoms with Crippen LogP contribution in [0.2, 0.25) is 0 Å². The highest BCUT2D eigenvalue weighted by molar-refractivity contribution is 5.83. The number of hydrogen-bond donors (Lipinski definition) is 2. The first-order valence-corrected chi connectivity index (χ1v) is 10.1. The van der Waals surface area contributed by atoms with E-state index in [1.54, 1.807) is 16.8 Å². The zero-order valence-electron chi connectivity index (χ0n) is 17.5. The van der Waals surface area contributed by atoms with Gasteiger partial charge in [0.05, 0.1) is 6.04 Å². The van der Waals surface area contributed by atoms with Crippen LogP contribution in [-0.4, -0.2) is 26.2 Å². The van der Waals surface area contributed by atoms with Gasteiger partial charge < -0.3 is 10.4 Å². The number of hydrogen-bond acceptors (Lipinski definition) is 5. The molecule has 0 saturated heterocycles. The average molecular weight is 402 g/mol. The molecule has 154 valence electrons. The van der Waals surface area contributed by atoms with Crippen LogP contribution in [0.5, 0.6) is 0 Å². The first kappa shape index (κ1) is 20.0. The Labute approximate surface area is 175 Å². The molecule has 0 amide bonds. The second kappa shape index (κ2) is 7.88. The SMILES string of the molecule is C[C@H](Nc1ncc2ccc(=O)n(CC(C)(C)CO)c2n1)c1ccc2ccccc2c1. The van der Waals surface area contributed by atoms with Crippen LogP contribution >= 0.6 is 0 Å². The Kier molecular flexibility index (Phi) is 5.26. The van der Waals surface area contributed by atoms with Gasteiger partial charge in [0, 0.05) is 36.2 Å². The predicted molar refractivity (Wildman–Crippen MR) is 121 cm³/mol. The number of rotatable bonds is 6. The topological polar surface area (TPSA) is 80.0 Å². The highest BCUT2D eigenvalue weighted by Crippen LogP contribution is 2.24. The van der Waals surface area contributed by atoms with Crippen molar-refractivity contribution in [1.82, 2.24) is 14.5 Å². The molecule has 4 aromatic rings. The molecule has 30 heavy (non-hydrogen) atoms. The molecule has 0 radical (unpaired) electrons. The smallest absolute Gasteiger partial charge is 0.252 e. The molecule has 0 unspecified atom stereocenters. The molecule has 2 N–H and O–H groups in total. The molecule has 0 saturated carbocycles. The quantitative estimate of drug-likeness (QED) is 0.507. The number of aliphatic hydroxyl groups excluding tert-OH is 1. The maximum absolute atomic E-state index is 12.5. The first-order valence-electron chi connectivity index (χ1n) is 10.1. The zero-order chi connectivity index (χ0) is 21.3. The van der Waals surface area contributed by atoms with Crippen LogP contribution < -0.4 is 10.9 Å². The van der Waals surface area contributed by atoms with Crippen molar-refractivity contribution in [2.45, 2.75) is 33.4 Å². The minimum atomic E-state index is -0.435. The summed E-state index contributed by atoms with van der Waals surface area (Å²) in [6.45, 7) is 6.24. The van der Waals surface area contributed by atoms with Crippen molar-refractivity contribution in [2.24, 2.45) is 5.41 Å². The summed E-state index contributed by atoms with van der Waals surface area (Å²) in [7, 11) is 0. The van der Waals surface area contributed by atoms with E-state index in [4.69, 9.17) is 0 Å². The van der Waals surface area contributed by atoms with Gasteiger partial charge in [-0.2, -0.15) is 4.98 Å². The standard InChI is InChI=1S/C24H26N4O2/c1-16(18-9-8-17-6-4-5-7-19(17)12-18)26-23-25-13-20-10-11-21(30)28(22(20)27-23)14-24(2,3)15-29/h4-13,16,29H,14-15H2,1-3H3,(H,25,26,27)/t16-/m0/s1. The van der Waals surface area contributed by atoms with Gasteiger partial charge >= 0.3 is 0 Å². The van der Waals surface area contributed by atoms with E-state index in [-0.39, 0.29) is 18.2 Å². The Morgan fingerprint density at radius 2 is 1.80 bits per heavy atom. The van der Waals surface area contributed by atoms with Gasteiger partial charge in [0.15, 0.2) is 0 Å². The van der Waals surface area contributed by atoms with Crippen LogP contribution in [-0.2, 0) is 6.54 Å². The molecule has 6 heteroatoms. The summed E-state index contributed by atoms with van der Waals surface area (Å²) in [5.41, 5.74) is 1.11. The van der Waals surface area contributed by atoms with E-state index in [2.05, 4.69) is 52.5 Å². The van der Waals surface area contributed by atoms with Crippen molar-refractivity contribution in [3.63, 3.8) is 0 Å². The van der Waals surface area contributed by atoms with Crippen LogP contribution in [0.4, 0.5) is 5.95 Å². The fourth-order valence-electron chi connectivity index (χ4n) is 3.53. The van der Waals surface area contributed by atoms with E-state index in [9.17, 15) is 9.90 Å². The third-order valence-corrected chi connectivity index (χ3v) is 5.36. The fraction of sp³-hybridized carbons (Fsp3) is 0.292. The Morgan fingerprint density at radius 1 is 1.07 bits per heavy atom. The van der Waals surface area contributed by atoms with E-state index in [1.807, 2.05) is 26.0 Å². The van der Waals surface area contributed by atoms with Gasteiger partial charge in [0.1, 0.15) is 5.65 Å². The molecule has 0 aliphatic heterocycles. The molecule has 0 bridgehead atoms. The molecule has 0 aliphatic carbocycles. The normalized spacial score (nSPS) is 12.9. The van der Waals surface area contributed by atoms with Gasteiger partial charge in [-0.1, -0.05) is 50.2 Å². The summed E-state index contributed by atoms with van der Waals surface area (Å²) in [6, 6.07) is 17.9. The largest absolute Gasteiger partial charge is 0.396 e. The lowest BCUT2D eigenvalue weighted by molar-refractivity contribution is 0.141. The van der Waals surface area contributed by atoms with Crippen LogP contribution in [0, 0.1) is 5.41 Å². The third-order valence-electron chi connectivity index (χ3n) is 5.36. The minimum absolute atomic E-state index is 0.00942. The number of aromatic nitrogens is 3. The molecule has 0 aliphatic rings. The number of anilines is 1. The molecule has 1 atom stereocenters. The van der Waals surface area contributed by atoms with Gasteiger partial charge in [-0.25, -0.2) is 4.98 Å². The summed E-state index contributed by atoms with van der Waals surface area (Å²) < 4.78 is 1.61. The number of aliphatic hydroxyl groups is 1. The Hall–Kier alpha value is -3.25. The van der Waals surface area contributed by atoms with Crippen molar-refractivity contribution in [3.8, 4) is 0 Å². The molecule has 2 aromatic heterocycles. The summed E-state index contributed by atoms with van der Waals surface area (Å²) in [5.74, 6) is 0.462. The zero-order valence-corrected chi connectivity index (χ0v) is 17.5. The summed E-state index contributed by atoms with van der Waals surface area (Å²) in [6.07, 6.45) is 1.72. The van der Waals surface area contributed by atoms with Gasteiger partial charge in [-0.05, 0) is 35.4 Å². The van der Waals surface area contributed by atoms with E-state index in [1.165, 1.54) is 16.8 Å². The molecular formula is C24H26N4O2. The van der Waals surface area contributed by atoms with Gasteiger partial charge in [0.2, 0.25) is 5.95 Å². The molecule has 0 spiro atoms. The van der Waals surface area contributed by atoms with Crippen LogP contribution in [0.3, 0.4) is 0 Å². The second-order valence-corrected chi connectivity index (χ2v) is 8.53. The Morgan fingerprint density at radius 3 is 2.57 bits per heavy atom. The highest BCUT2D eigenvalue weighted by Gasteiger charge is 2.20. The molecule has 2 heterocycles. The lowest BCUT2D eigenvalue weighted by atomic mass is 9.95. The molecule has 0 fully saturated rings. The maximum atomic E-state index is 12.5. The van der Waals surface area contributed by atoms with E-state index >= 15 is 0 Å². The maximum Gasteiger partial charge on any atom is 0.252 e. The Bertz CT molecular complexity index is 1260. The lowest BCUT2D eigenvalue weighted by Gasteiger charge is -2.23. The van der Waals surface area contributed by atoms with Crippen molar-refractivity contribution >= 4 is 27.8 Å². The van der Waals surface area contributed by atoms with Crippen LogP contribution in [0.25, 0.3) is 21.8 Å². The van der Waals surface area contributed by atoms with Crippen LogP contribution in [0.1, 0.15) is 32.4 Å². The number of pyridine rings is 1. The first-order chi connectivity index (χ1) is 14.4. The summed E-state index contributed by atoms with van der Waals surface area (Å²) >= 11 is 0. The number of nitrogens with zero attached hydrogens (tertiary/aromatic N) is 3. The molecular weight excluding hydrogens is 376 g/mol. The summed E-state index contributed by atoms with van der Waals surface area (Å²) in [4.78, 5) is 21.6. The number of benzene rings is 2. The van der Waals surface area contributed by atoms with E-state index in [0.717, 1.165) is 10.9 Å². The van der Waals surface area contributed by atoms with Gasteiger partial charge in [0.25, 0.3) is 5.56 Å². The van der Waals surface area contributed by atoms with Crippen molar-refractivity contribution in [1.29, 1.82) is 0 Å². The van der Waals surface area contributed by atoms with Crippen molar-refractivity contribution in [2.75, 3.05) is 11.9 Å².